The van der Waals surface area contributed by atoms with Gasteiger partial charge in [-0.1, -0.05) is 152 Å². The van der Waals surface area contributed by atoms with E-state index in [9.17, 15) is 0 Å². The van der Waals surface area contributed by atoms with Gasteiger partial charge in [0.25, 0.3) is 0 Å². The Kier molecular flexibility index (Phi) is 6.43. The molecule has 0 N–H and O–H groups in total. The topological polar surface area (TPSA) is 51.6 Å². The molecule has 4 heteroatoms. The number of benzene rings is 6. The van der Waals surface area contributed by atoms with Crippen LogP contribution in [0.2, 0.25) is 0 Å². The van der Waals surface area contributed by atoms with Gasteiger partial charge in [-0.3, -0.25) is 0 Å². The van der Waals surface area contributed by atoms with Crippen LogP contribution in [0.1, 0.15) is 0 Å². The van der Waals surface area contributed by atoms with Crippen LogP contribution >= 0.6 is 0 Å². The maximum Gasteiger partial charge on any atom is 0.164 e. The molecule has 0 aliphatic carbocycles. The van der Waals surface area contributed by atoms with E-state index in [0.717, 1.165) is 44.2 Å². The van der Waals surface area contributed by atoms with Crippen LogP contribution in [0.25, 0.3) is 78.2 Å². The lowest BCUT2D eigenvalue weighted by Gasteiger charge is -2.14. The molecule has 0 unspecified atom stereocenters. The van der Waals surface area contributed by atoms with Crippen LogP contribution in [0.4, 0.5) is 0 Å². The van der Waals surface area contributed by atoms with Crippen LogP contribution in [-0.2, 0) is 0 Å². The van der Waals surface area contributed by atoms with Gasteiger partial charge in [0.15, 0.2) is 17.5 Å². The molecule has 206 valence electrons. The predicted octanol–water partition coefficient (Wildman–Crippen LogP) is 9.91. The smallest absolute Gasteiger partial charge is 0.164 e. The number of fused-ring (bicyclic) bond motifs is 3. The fraction of sp³-hybridized carbons (Fsp3) is 0. The first-order valence-corrected chi connectivity index (χ1v) is 14.7. The lowest BCUT2D eigenvalue weighted by molar-refractivity contribution is 1.07. The fourth-order valence-corrected chi connectivity index (χ4v) is 5.80. The Labute approximate surface area is 255 Å². The Morgan fingerprint density at radius 1 is 0.295 bits per heavy atom. The molecule has 2 aromatic heterocycles. The average molecular weight is 563 g/mol. The van der Waals surface area contributed by atoms with E-state index in [2.05, 4.69) is 97.1 Å². The molecule has 44 heavy (non-hydrogen) atoms. The Morgan fingerprint density at radius 3 is 1.34 bits per heavy atom. The van der Waals surface area contributed by atoms with Gasteiger partial charge in [-0.05, 0) is 17.2 Å². The highest BCUT2D eigenvalue weighted by Crippen LogP contribution is 2.38. The summed E-state index contributed by atoms with van der Waals surface area (Å²) in [6.07, 6.45) is 0. The van der Waals surface area contributed by atoms with Crippen molar-refractivity contribution in [2.75, 3.05) is 0 Å². The lowest BCUT2D eigenvalue weighted by Crippen LogP contribution is -2.00. The normalized spacial score (nSPS) is 11.2. The molecule has 0 fully saturated rings. The van der Waals surface area contributed by atoms with E-state index in [4.69, 9.17) is 19.9 Å². The summed E-state index contributed by atoms with van der Waals surface area (Å²) in [6.45, 7) is 0. The molecule has 0 aliphatic heterocycles. The first kappa shape index (κ1) is 25.7. The highest BCUT2D eigenvalue weighted by Gasteiger charge is 2.16. The van der Waals surface area contributed by atoms with Gasteiger partial charge in [0.2, 0.25) is 0 Å². The zero-order valence-electron chi connectivity index (χ0n) is 23.8. The Hall–Kier alpha value is -6.00. The van der Waals surface area contributed by atoms with Gasteiger partial charge in [-0.25, -0.2) is 19.9 Å². The molecule has 0 amide bonds. The monoisotopic (exact) mass is 562 g/mol. The zero-order valence-corrected chi connectivity index (χ0v) is 23.8. The van der Waals surface area contributed by atoms with E-state index in [1.807, 2.05) is 60.7 Å². The number of para-hydroxylation sites is 1. The van der Waals surface area contributed by atoms with Crippen molar-refractivity contribution in [3.05, 3.63) is 158 Å². The van der Waals surface area contributed by atoms with Crippen LogP contribution in [0.5, 0.6) is 0 Å². The zero-order chi connectivity index (χ0) is 29.3. The SMILES string of the molecule is c1ccc(-c2nc(-c3ccccc3)nc(-c3ccc(-c4nc5ccccc5c5c(-c6ccccc6)cccc45)cc3)n2)cc1. The summed E-state index contributed by atoms with van der Waals surface area (Å²) in [7, 11) is 0. The standard InChI is InChI=1S/C40H26N4/c1-4-13-27(14-5-1)32-20-12-21-34-36(32)33-19-10-11-22-35(33)41-37(34)28-23-25-31(26-24-28)40-43-38(29-15-6-2-7-16-29)42-39(44-40)30-17-8-3-9-18-30/h1-26H. The molecule has 8 rings (SSSR count). The number of pyridine rings is 1. The lowest BCUT2D eigenvalue weighted by atomic mass is 9.93. The van der Waals surface area contributed by atoms with E-state index in [1.54, 1.807) is 0 Å². The van der Waals surface area contributed by atoms with Crippen molar-refractivity contribution in [1.82, 2.24) is 19.9 Å². The minimum Gasteiger partial charge on any atom is -0.247 e. The third-order valence-corrected chi connectivity index (χ3v) is 7.93. The van der Waals surface area contributed by atoms with Gasteiger partial charge >= 0.3 is 0 Å². The van der Waals surface area contributed by atoms with Crippen molar-refractivity contribution in [3.8, 4) is 56.5 Å². The molecule has 2 heterocycles. The summed E-state index contributed by atoms with van der Waals surface area (Å²) in [5.41, 5.74) is 8.17. The van der Waals surface area contributed by atoms with Gasteiger partial charge in [-0.2, -0.15) is 0 Å². The number of hydrogen-bond acceptors (Lipinski definition) is 4. The molecular formula is C40H26N4. The molecule has 4 nitrogen and oxygen atoms in total. The van der Waals surface area contributed by atoms with Gasteiger partial charge in [0.05, 0.1) is 11.2 Å². The van der Waals surface area contributed by atoms with E-state index in [1.165, 1.54) is 16.5 Å². The van der Waals surface area contributed by atoms with E-state index >= 15 is 0 Å². The number of nitrogens with zero attached hydrogens (tertiary/aromatic N) is 4. The molecule has 6 aromatic carbocycles. The van der Waals surface area contributed by atoms with Crippen molar-refractivity contribution in [2.45, 2.75) is 0 Å². The second-order valence-corrected chi connectivity index (χ2v) is 10.7. The first-order valence-electron chi connectivity index (χ1n) is 14.7. The van der Waals surface area contributed by atoms with Crippen LogP contribution in [-0.4, -0.2) is 19.9 Å². The van der Waals surface area contributed by atoms with Crippen molar-refractivity contribution in [1.29, 1.82) is 0 Å². The summed E-state index contributed by atoms with van der Waals surface area (Å²) in [5.74, 6) is 1.93. The molecule has 0 saturated carbocycles. The molecule has 0 saturated heterocycles. The van der Waals surface area contributed by atoms with E-state index < -0.39 is 0 Å². The second kappa shape index (κ2) is 11.0. The molecule has 8 aromatic rings. The summed E-state index contributed by atoms with van der Waals surface area (Å²) in [4.78, 5) is 19.8. The van der Waals surface area contributed by atoms with E-state index in [0.29, 0.717) is 17.5 Å². The highest BCUT2D eigenvalue weighted by atomic mass is 15.0. The molecular weight excluding hydrogens is 536 g/mol. The Morgan fingerprint density at radius 2 is 0.750 bits per heavy atom. The van der Waals surface area contributed by atoms with Gasteiger partial charge < -0.3 is 0 Å². The summed E-state index contributed by atoms with van der Waals surface area (Å²) >= 11 is 0. The van der Waals surface area contributed by atoms with Crippen molar-refractivity contribution in [2.24, 2.45) is 0 Å². The summed E-state index contributed by atoms with van der Waals surface area (Å²) in [5, 5.41) is 3.48. The van der Waals surface area contributed by atoms with Crippen molar-refractivity contribution >= 4 is 21.7 Å². The number of aromatic nitrogens is 4. The van der Waals surface area contributed by atoms with Gasteiger partial charge in [-0.15, -0.1) is 0 Å². The number of hydrogen-bond donors (Lipinski definition) is 0. The first-order chi connectivity index (χ1) is 21.8. The fourth-order valence-electron chi connectivity index (χ4n) is 5.80. The maximum atomic E-state index is 5.18. The molecule has 0 aliphatic rings. The van der Waals surface area contributed by atoms with Crippen LogP contribution in [0.15, 0.2) is 158 Å². The van der Waals surface area contributed by atoms with E-state index in [-0.39, 0.29) is 0 Å². The molecule has 0 atom stereocenters. The van der Waals surface area contributed by atoms with Crippen LogP contribution < -0.4 is 0 Å². The maximum absolute atomic E-state index is 5.18. The summed E-state index contributed by atoms with van der Waals surface area (Å²) < 4.78 is 0. The molecule has 0 radical (unpaired) electrons. The Balaban J connectivity index is 1.27. The van der Waals surface area contributed by atoms with Gasteiger partial charge in [0.1, 0.15) is 0 Å². The third-order valence-electron chi connectivity index (χ3n) is 7.93. The minimum atomic E-state index is 0.631. The molecule has 0 bridgehead atoms. The quantitative estimate of drug-likeness (QED) is 0.196. The van der Waals surface area contributed by atoms with Crippen LogP contribution in [0, 0.1) is 0 Å². The summed E-state index contributed by atoms with van der Waals surface area (Å²) in [6, 6.07) is 54.0. The Bertz CT molecular complexity index is 2190. The van der Waals surface area contributed by atoms with Crippen molar-refractivity contribution < 1.29 is 0 Å². The van der Waals surface area contributed by atoms with Crippen LogP contribution in [0.3, 0.4) is 0 Å². The average Bonchev–Trinajstić information content (AvgIpc) is 3.12. The predicted molar refractivity (Wildman–Crippen MR) is 180 cm³/mol. The largest absolute Gasteiger partial charge is 0.247 e. The third kappa shape index (κ3) is 4.69. The van der Waals surface area contributed by atoms with Crippen molar-refractivity contribution in [3.63, 3.8) is 0 Å². The number of rotatable bonds is 5. The van der Waals surface area contributed by atoms with Gasteiger partial charge in [0, 0.05) is 38.4 Å². The molecule has 0 spiro atoms. The highest BCUT2D eigenvalue weighted by molar-refractivity contribution is 6.17. The minimum absolute atomic E-state index is 0.631. The second-order valence-electron chi connectivity index (χ2n) is 10.7.